The van der Waals surface area contributed by atoms with Gasteiger partial charge in [0.1, 0.15) is 0 Å². The van der Waals surface area contributed by atoms with Crippen LogP contribution in [0, 0.1) is 0 Å². The van der Waals surface area contributed by atoms with E-state index in [-0.39, 0.29) is 5.54 Å². The van der Waals surface area contributed by atoms with Crippen LogP contribution in [0.4, 0.5) is 0 Å². The van der Waals surface area contributed by atoms with Gasteiger partial charge in [0.2, 0.25) is 0 Å². The van der Waals surface area contributed by atoms with Gasteiger partial charge in [0, 0.05) is 6.42 Å². The number of hydrogen-bond acceptors (Lipinski definition) is 2. The zero-order valence-corrected chi connectivity index (χ0v) is 13.1. The topological polar surface area (TPSA) is 20.3 Å². The quantitative estimate of drug-likeness (QED) is 0.816. The van der Waals surface area contributed by atoms with Crippen LogP contribution in [0.25, 0.3) is 0 Å². The van der Waals surface area contributed by atoms with Gasteiger partial charge in [0.25, 0.3) is 0 Å². The second kappa shape index (κ2) is 6.53. The molecule has 1 aromatic rings. The van der Waals surface area contributed by atoms with Crippen LogP contribution in [0.1, 0.15) is 50.2 Å². The van der Waals surface area contributed by atoms with Crippen LogP contribution >= 0.6 is 0 Å². The molecule has 0 aliphatic heterocycles. The van der Waals surface area contributed by atoms with Crippen molar-refractivity contribution in [3.8, 4) is 0 Å². The van der Waals surface area contributed by atoms with Crippen molar-refractivity contribution in [1.82, 2.24) is 4.90 Å². The normalized spacial score (nSPS) is 18.2. The highest BCUT2D eigenvalue weighted by molar-refractivity contribution is 5.90. The standard InChI is InChI=1S/C18H27NO/c1-4-15-8-10-16(11-9-15)14-17(20)18(19(2)3)12-6-5-7-13-18/h8-11H,4-7,12-14H2,1-3H3. The summed E-state index contributed by atoms with van der Waals surface area (Å²) in [4.78, 5) is 15.0. The number of aryl methyl sites for hydroxylation is 1. The maximum atomic E-state index is 12.8. The van der Waals surface area contributed by atoms with Crippen molar-refractivity contribution in [3.63, 3.8) is 0 Å². The number of Topliss-reactive ketones (excluding diaryl/α,β-unsaturated/α-hetero) is 1. The van der Waals surface area contributed by atoms with E-state index in [1.54, 1.807) is 0 Å². The van der Waals surface area contributed by atoms with Gasteiger partial charge in [0.05, 0.1) is 5.54 Å². The molecule has 0 amide bonds. The average molecular weight is 273 g/mol. The lowest BCUT2D eigenvalue weighted by molar-refractivity contribution is -0.131. The van der Waals surface area contributed by atoms with Crippen LogP contribution in [0.15, 0.2) is 24.3 Å². The Kier molecular flexibility index (Phi) is 4.98. The fourth-order valence-electron chi connectivity index (χ4n) is 3.35. The minimum atomic E-state index is -0.221. The summed E-state index contributed by atoms with van der Waals surface area (Å²) in [6, 6.07) is 8.52. The van der Waals surface area contributed by atoms with E-state index in [4.69, 9.17) is 0 Å². The van der Waals surface area contributed by atoms with Crippen LogP contribution in [0.3, 0.4) is 0 Å². The third-order valence-corrected chi connectivity index (χ3v) is 4.85. The van der Waals surface area contributed by atoms with Crippen LogP contribution in [-0.4, -0.2) is 30.3 Å². The third kappa shape index (κ3) is 3.12. The van der Waals surface area contributed by atoms with Gasteiger partial charge in [-0.15, -0.1) is 0 Å². The van der Waals surface area contributed by atoms with Crippen LogP contribution in [0.5, 0.6) is 0 Å². The first-order valence-corrected chi connectivity index (χ1v) is 7.87. The summed E-state index contributed by atoms with van der Waals surface area (Å²) in [6.07, 6.45) is 7.29. The zero-order chi connectivity index (χ0) is 14.6. The highest BCUT2D eigenvalue weighted by atomic mass is 16.1. The summed E-state index contributed by atoms with van der Waals surface area (Å²) in [6.45, 7) is 2.16. The third-order valence-electron chi connectivity index (χ3n) is 4.85. The van der Waals surface area contributed by atoms with Gasteiger partial charge >= 0.3 is 0 Å². The number of carbonyl (C=O) groups is 1. The van der Waals surface area contributed by atoms with Gasteiger partial charge in [-0.3, -0.25) is 9.69 Å². The number of benzene rings is 1. The molecule has 0 heterocycles. The molecular weight excluding hydrogens is 246 g/mol. The first-order valence-electron chi connectivity index (χ1n) is 7.87. The highest BCUT2D eigenvalue weighted by Gasteiger charge is 2.40. The molecule has 20 heavy (non-hydrogen) atoms. The molecule has 1 aliphatic rings. The number of ketones is 1. The first-order chi connectivity index (χ1) is 9.58. The summed E-state index contributed by atoms with van der Waals surface area (Å²) >= 11 is 0. The first kappa shape index (κ1) is 15.2. The average Bonchev–Trinajstić information content (AvgIpc) is 2.48. The molecule has 0 atom stereocenters. The summed E-state index contributed by atoms with van der Waals surface area (Å²) in [5.41, 5.74) is 2.27. The second-order valence-electron chi connectivity index (χ2n) is 6.26. The Labute approximate surface area is 123 Å². The number of nitrogens with zero attached hydrogens (tertiary/aromatic N) is 1. The van der Waals surface area contributed by atoms with Crippen LogP contribution in [0.2, 0.25) is 0 Å². The van der Waals surface area contributed by atoms with Crippen molar-refractivity contribution in [2.24, 2.45) is 0 Å². The Bertz CT molecular complexity index is 441. The molecular formula is C18H27NO. The van der Waals surface area contributed by atoms with Gasteiger partial charge in [-0.2, -0.15) is 0 Å². The smallest absolute Gasteiger partial charge is 0.157 e. The van der Waals surface area contributed by atoms with E-state index in [1.165, 1.54) is 24.8 Å². The highest BCUT2D eigenvalue weighted by Crippen LogP contribution is 2.34. The largest absolute Gasteiger partial charge is 0.297 e. The molecule has 0 radical (unpaired) electrons. The maximum absolute atomic E-state index is 12.8. The van der Waals surface area contributed by atoms with Crippen molar-refractivity contribution in [2.45, 2.75) is 57.4 Å². The molecule has 0 N–H and O–H groups in total. The molecule has 0 saturated heterocycles. The molecule has 0 spiro atoms. The van der Waals surface area contributed by atoms with Crippen molar-refractivity contribution in [3.05, 3.63) is 35.4 Å². The molecule has 2 rings (SSSR count). The van der Waals surface area contributed by atoms with Gasteiger partial charge in [-0.25, -0.2) is 0 Å². The Morgan fingerprint density at radius 3 is 2.10 bits per heavy atom. The molecule has 1 saturated carbocycles. The van der Waals surface area contributed by atoms with E-state index in [2.05, 4.69) is 50.2 Å². The lowest BCUT2D eigenvalue weighted by Crippen LogP contribution is -2.53. The zero-order valence-electron chi connectivity index (χ0n) is 13.1. The van der Waals surface area contributed by atoms with E-state index in [0.29, 0.717) is 12.2 Å². The Morgan fingerprint density at radius 1 is 1.05 bits per heavy atom. The summed E-state index contributed by atoms with van der Waals surface area (Å²) in [5.74, 6) is 0.395. The predicted octanol–water partition coefficient (Wildman–Crippen LogP) is 3.63. The molecule has 1 aromatic carbocycles. The van der Waals surface area contributed by atoms with Crippen LogP contribution < -0.4 is 0 Å². The molecule has 1 fully saturated rings. The molecule has 1 aliphatic carbocycles. The Hall–Kier alpha value is -1.15. The van der Waals surface area contributed by atoms with E-state index < -0.39 is 0 Å². The second-order valence-corrected chi connectivity index (χ2v) is 6.26. The number of carbonyl (C=O) groups excluding carboxylic acids is 1. The molecule has 110 valence electrons. The minimum absolute atomic E-state index is 0.221. The summed E-state index contributed by atoms with van der Waals surface area (Å²) in [7, 11) is 4.12. The summed E-state index contributed by atoms with van der Waals surface area (Å²) < 4.78 is 0. The molecule has 0 unspecified atom stereocenters. The predicted molar refractivity (Wildman–Crippen MR) is 84.0 cm³/mol. The Balaban J connectivity index is 2.11. The van der Waals surface area contributed by atoms with Crippen molar-refractivity contribution in [2.75, 3.05) is 14.1 Å². The fraction of sp³-hybridized carbons (Fsp3) is 0.611. The molecule has 2 heteroatoms. The van der Waals surface area contributed by atoms with E-state index in [1.807, 2.05) is 0 Å². The van der Waals surface area contributed by atoms with Crippen molar-refractivity contribution < 1.29 is 4.79 Å². The van der Waals surface area contributed by atoms with Gasteiger partial charge in [-0.05, 0) is 44.5 Å². The SMILES string of the molecule is CCc1ccc(CC(=O)C2(N(C)C)CCCCC2)cc1. The molecule has 2 nitrogen and oxygen atoms in total. The molecule has 0 aromatic heterocycles. The monoisotopic (exact) mass is 273 g/mol. The maximum Gasteiger partial charge on any atom is 0.157 e. The Morgan fingerprint density at radius 2 is 1.60 bits per heavy atom. The van der Waals surface area contributed by atoms with Gasteiger partial charge in [-0.1, -0.05) is 50.5 Å². The van der Waals surface area contributed by atoms with Gasteiger partial charge in [0.15, 0.2) is 5.78 Å². The molecule has 0 bridgehead atoms. The van der Waals surface area contributed by atoms with Crippen molar-refractivity contribution in [1.29, 1.82) is 0 Å². The number of likely N-dealkylation sites (N-methyl/N-ethyl adjacent to an activating group) is 1. The van der Waals surface area contributed by atoms with E-state index >= 15 is 0 Å². The lowest BCUT2D eigenvalue weighted by Gasteiger charge is -2.41. The van der Waals surface area contributed by atoms with Crippen LogP contribution in [-0.2, 0) is 17.6 Å². The minimum Gasteiger partial charge on any atom is -0.297 e. The summed E-state index contributed by atoms with van der Waals surface area (Å²) in [5, 5.41) is 0. The lowest BCUT2D eigenvalue weighted by atomic mass is 9.76. The van der Waals surface area contributed by atoms with Gasteiger partial charge < -0.3 is 0 Å². The van der Waals surface area contributed by atoms with E-state index in [9.17, 15) is 4.79 Å². The van der Waals surface area contributed by atoms with Crippen molar-refractivity contribution >= 4 is 5.78 Å². The number of rotatable bonds is 5. The van der Waals surface area contributed by atoms with E-state index in [0.717, 1.165) is 24.8 Å². The fourth-order valence-corrected chi connectivity index (χ4v) is 3.35. The number of hydrogen-bond donors (Lipinski definition) is 0.